The van der Waals surface area contributed by atoms with E-state index in [1.54, 1.807) is 19.0 Å². The highest BCUT2D eigenvalue weighted by molar-refractivity contribution is 6.24. The lowest BCUT2D eigenvalue weighted by Gasteiger charge is -2.50. The zero-order chi connectivity index (χ0) is 29.3. The number of Topliss-reactive ketones (excluding diaryl/α,β-unsaturated/α-hetero) is 2. The number of aliphatic hydroxyl groups is 3. The van der Waals surface area contributed by atoms with Crippen LogP contribution in [0.2, 0.25) is 0 Å². The molecule has 0 radical (unpaired) electrons. The van der Waals surface area contributed by atoms with E-state index in [9.17, 15) is 34.8 Å². The molecule has 1 amide bonds. The van der Waals surface area contributed by atoms with Crippen LogP contribution in [0.5, 0.6) is 5.75 Å². The number of benzene rings is 1. The number of nitrogens with two attached hydrogens (primary N) is 1. The molecular formula is C30H39N3O7. The molecule has 10 heteroatoms. The summed E-state index contributed by atoms with van der Waals surface area (Å²) in [5, 5.41) is 44.9. The van der Waals surface area contributed by atoms with Crippen molar-refractivity contribution in [3.8, 4) is 5.75 Å². The number of amides is 1. The van der Waals surface area contributed by atoms with Gasteiger partial charge in [0.1, 0.15) is 22.8 Å². The number of likely N-dealkylation sites (N-methyl/N-ethyl adjacent to an activating group) is 1. The summed E-state index contributed by atoms with van der Waals surface area (Å²) in [6.45, 7) is 7.31. The van der Waals surface area contributed by atoms with Gasteiger partial charge in [-0.15, -0.1) is 0 Å². The zero-order valence-electron chi connectivity index (χ0n) is 23.5. The largest absolute Gasteiger partial charge is 0.510 e. The summed E-state index contributed by atoms with van der Waals surface area (Å²) in [7, 11) is 3.24. The quantitative estimate of drug-likeness (QED) is 0.343. The highest BCUT2D eigenvalue weighted by atomic mass is 16.3. The van der Waals surface area contributed by atoms with Crippen LogP contribution < -0.4 is 5.73 Å². The lowest BCUT2D eigenvalue weighted by atomic mass is 9.58. The first-order valence-corrected chi connectivity index (χ1v) is 14.0. The maximum absolute atomic E-state index is 13.9. The standard InChI is InChI=1S/C30H39N3O7/c1-14(2)13-33-9-7-15(8-10-33)17-5-6-20(34)22-18(17)11-16-12-19-24(32(3)4)26(36)23(29(31)39)28(38)30(19,40)27(37)21(16)25(22)35/h5-6,14-16,19,24,34,36-37,40H,7-13H2,1-4H3,(H2,31,39)/t16-,19-,24-,30-/m0/s1. The lowest BCUT2D eigenvalue weighted by Crippen LogP contribution is -2.63. The van der Waals surface area contributed by atoms with E-state index in [-0.39, 0.29) is 29.2 Å². The van der Waals surface area contributed by atoms with Crippen LogP contribution in [-0.4, -0.2) is 93.1 Å². The second kappa shape index (κ2) is 10.0. The van der Waals surface area contributed by atoms with Crippen molar-refractivity contribution in [3.05, 3.63) is 51.5 Å². The number of nitrogens with zero attached hydrogens (tertiary/aromatic N) is 2. The van der Waals surface area contributed by atoms with Crippen molar-refractivity contribution >= 4 is 17.5 Å². The molecule has 1 fully saturated rings. The van der Waals surface area contributed by atoms with Gasteiger partial charge in [0.25, 0.3) is 5.91 Å². The van der Waals surface area contributed by atoms with Gasteiger partial charge in [0, 0.05) is 18.0 Å². The van der Waals surface area contributed by atoms with E-state index >= 15 is 0 Å². The lowest BCUT2D eigenvalue weighted by molar-refractivity contribution is -0.148. The van der Waals surface area contributed by atoms with Crippen molar-refractivity contribution in [3.63, 3.8) is 0 Å². The predicted molar refractivity (Wildman–Crippen MR) is 147 cm³/mol. The van der Waals surface area contributed by atoms with Crippen LogP contribution in [0.15, 0.2) is 34.8 Å². The van der Waals surface area contributed by atoms with E-state index in [0.717, 1.165) is 43.6 Å². The molecule has 1 heterocycles. The van der Waals surface area contributed by atoms with Gasteiger partial charge in [-0.1, -0.05) is 19.9 Å². The molecule has 6 N–H and O–H groups in total. The third-order valence-electron chi connectivity index (χ3n) is 9.29. The average Bonchev–Trinajstić information content (AvgIpc) is 2.86. The fourth-order valence-electron chi connectivity index (χ4n) is 7.60. The summed E-state index contributed by atoms with van der Waals surface area (Å²) in [6.07, 6.45) is 2.26. The minimum Gasteiger partial charge on any atom is -0.510 e. The first kappa shape index (κ1) is 28.3. The molecule has 0 bridgehead atoms. The Hall–Kier alpha value is -3.21. The normalized spacial score (nSPS) is 29.6. The second-order valence-corrected chi connectivity index (χ2v) is 12.5. The minimum atomic E-state index is -2.62. The molecular weight excluding hydrogens is 514 g/mol. The number of aliphatic hydroxyl groups excluding tert-OH is 2. The topological polar surface area (TPSA) is 165 Å². The number of aromatic hydroxyl groups is 1. The van der Waals surface area contributed by atoms with Crippen molar-refractivity contribution in [1.82, 2.24) is 9.80 Å². The number of carbonyl (C=O) groups excluding carboxylic acids is 3. The zero-order valence-corrected chi connectivity index (χ0v) is 23.5. The van der Waals surface area contributed by atoms with Gasteiger partial charge in [-0.2, -0.15) is 0 Å². The third-order valence-corrected chi connectivity index (χ3v) is 9.29. The Bertz CT molecular complexity index is 1340. The minimum absolute atomic E-state index is 0.0860. The number of fused-ring (bicyclic) bond motifs is 3. The molecule has 4 aliphatic rings. The van der Waals surface area contributed by atoms with Crippen LogP contribution in [-0.2, 0) is 16.0 Å². The Morgan fingerprint density at radius 3 is 2.35 bits per heavy atom. The van der Waals surface area contributed by atoms with Gasteiger partial charge >= 0.3 is 0 Å². The SMILES string of the molecule is CC(C)CN1CCC(c2ccc(O)c3c2C[C@H]2C[C@H]4[C@H](N(C)C)C(O)=C(C(N)=O)C(=O)[C@@]4(O)C(O)=C2C3=O)CC1. The monoisotopic (exact) mass is 553 g/mol. The molecule has 0 unspecified atom stereocenters. The summed E-state index contributed by atoms with van der Waals surface area (Å²) in [5.74, 6) is -5.53. The molecule has 40 heavy (non-hydrogen) atoms. The Balaban J connectivity index is 1.58. The number of likely N-dealkylation sites (tertiary alicyclic amines) is 1. The van der Waals surface area contributed by atoms with Crippen LogP contribution in [0.1, 0.15) is 60.5 Å². The summed E-state index contributed by atoms with van der Waals surface area (Å²) in [6, 6.07) is 2.39. The molecule has 1 aromatic rings. The Morgan fingerprint density at radius 2 is 1.77 bits per heavy atom. The molecule has 1 aliphatic heterocycles. The first-order valence-electron chi connectivity index (χ1n) is 14.0. The predicted octanol–water partition coefficient (Wildman–Crippen LogP) is 1.96. The van der Waals surface area contributed by atoms with E-state index in [1.165, 1.54) is 6.07 Å². The number of hydrogen-bond acceptors (Lipinski definition) is 9. The number of phenols is 1. The van der Waals surface area contributed by atoms with E-state index in [0.29, 0.717) is 12.3 Å². The number of carbonyl (C=O) groups is 3. The van der Waals surface area contributed by atoms with Gasteiger partial charge < -0.3 is 31.1 Å². The van der Waals surface area contributed by atoms with Gasteiger partial charge in [-0.3, -0.25) is 19.3 Å². The van der Waals surface area contributed by atoms with E-state index in [2.05, 4.69) is 18.7 Å². The van der Waals surface area contributed by atoms with Crippen LogP contribution in [0.25, 0.3) is 0 Å². The number of primary amides is 1. The van der Waals surface area contributed by atoms with Crippen LogP contribution in [0, 0.1) is 17.8 Å². The molecule has 216 valence electrons. The number of piperidine rings is 1. The second-order valence-electron chi connectivity index (χ2n) is 12.5. The van der Waals surface area contributed by atoms with Crippen LogP contribution in [0.4, 0.5) is 0 Å². The molecule has 1 saturated heterocycles. The van der Waals surface area contributed by atoms with Gasteiger partial charge in [0.15, 0.2) is 11.4 Å². The van der Waals surface area contributed by atoms with Gasteiger partial charge in [-0.05, 0) is 87.8 Å². The van der Waals surface area contributed by atoms with Crippen LogP contribution >= 0.6 is 0 Å². The molecule has 4 atom stereocenters. The van der Waals surface area contributed by atoms with Gasteiger partial charge in [0.2, 0.25) is 5.78 Å². The van der Waals surface area contributed by atoms with Crippen LogP contribution in [0.3, 0.4) is 0 Å². The van der Waals surface area contributed by atoms with Crippen molar-refractivity contribution in [2.45, 2.75) is 57.1 Å². The third kappa shape index (κ3) is 4.15. The van der Waals surface area contributed by atoms with Crippen molar-refractivity contribution in [1.29, 1.82) is 0 Å². The van der Waals surface area contributed by atoms with E-state index < -0.39 is 58.0 Å². The highest BCUT2D eigenvalue weighted by Crippen LogP contribution is 2.53. The Kier molecular flexibility index (Phi) is 7.09. The number of allylic oxidation sites excluding steroid dienone is 1. The number of ketones is 2. The molecule has 10 nitrogen and oxygen atoms in total. The number of phenolic OH excluding ortho intramolecular Hbond substituents is 1. The van der Waals surface area contributed by atoms with E-state index in [1.807, 2.05) is 6.07 Å². The van der Waals surface area contributed by atoms with Crippen molar-refractivity contribution in [2.24, 2.45) is 23.5 Å². The Morgan fingerprint density at radius 1 is 1.12 bits per heavy atom. The first-order chi connectivity index (χ1) is 18.8. The maximum atomic E-state index is 13.9. The maximum Gasteiger partial charge on any atom is 0.255 e. The highest BCUT2D eigenvalue weighted by Gasteiger charge is 2.63. The molecule has 5 rings (SSSR count). The number of hydrogen-bond donors (Lipinski definition) is 5. The van der Waals surface area contributed by atoms with Crippen molar-refractivity contribution < 1.29 is 34.8 Å². The van der Waals surface area contributed by atoms with Gasteiger partial charge in [0.05, 0.1) is 11.6 Å². The summed E-state index contributed by atoms with van der Waals surface area (Å²) >= 11 is 0. The van der Waals surface area contributed by atoms with E-state index in [4.69, 9.17) is 5.73 Å². The van der Waals surface area contributed by atoms with Crippen molar-refractivity contribution in [2.75, 3.05) is 33.7 Å². The summed E-state index contributed by atoms with van der Waals surface area (Å²) < 4.78 is 0. The smallest absolute Gasteiger partial charge is 0.255 e. The fraction of sp³-hybridized carbons (Fsp3) is 0.567. The molecule has 3 aliphatic carbocycles. The van der Waals surface area contributed by atoms with Gasteiger partial charge in [-0.25, -0.2) is 0 Å². The molecule has 0 aromatic heterocycles. The summed E-state index contributed by atoms with van der Waals surface area (Å²) in [5.41, 5.74) is 3.67. The number of rotatable bonds is 5. The molecule has 0 spiro atoms. The fourth-order valence-corrected chi connectivity index (χ4v) is 7.60. The average molecular weight is 554 g/mol. The Labute approximate surface area is 233 Å². The molecule has 1 aromatic carbocycles. The molecule has 0 saturated carbocycles. The summed E-state index contributed by atoms with van der Waals surface area (Å²) in [4.78, 5) is 43.5.